The fraction of sp³-hybridized carbons (Fsp3) is 0.294. The van der Waals surface area contributed by atoms with Gasteiger partial charge in [-0.05, 0) is 43.7 Å². The molecule has 1 nitrogen and oxygen atoms in total. The molecular weight excluding hydrogens is 378 g/mol. The zero-order chi connectivity index (χ0) is 14.7. The van der Waals surface area contributed by atoms with E-state index in [9.17, 15) is 0 Å². The molecule has 0 aromatic heterocycles. The summed E-state index contributed by atoms with van der Waals surface area (Å²) in [6.07, 6.45) is 0. The summed E-state index contributed by atoms with van der Waals surface area (Å²) in [7, 11) is 0. The molecular formula is C17H19Br2N. The van der Waals surface area contributed by atoms with E-state index in [2.05, 4.69) is 94.3 Å². The second-order valence-corrected chi connectivity index (χ2v) is 6.85. The summed E-state index contributed by atoms with van der Waals surface area (Å²) in [6, 6.07) is 13.3. The van der Waals surface area contributed by atoms with E-state index in [0.29, 0.717) is 0 Å². The van der Waals surface area contributed by atoms with Crippen molar-refractivity contribution < 1.29 is 0 Å². The van der Waals surface area contributed by atoms with Crippen LogP contribution < -0.4 is 5.32 Å². The second-order valence-electron chi connectivity index (χ2n) is 5.08. The minimum Gasteiger partial charge on any atom is -0.306 e. The maximum Gasteiger partial charge on any atom is 0.0587 e. The third-order valence-electron chi connectivity index (χ3n) is 3.26. The standard InChI is InChI=1S/C17H19Br2N/c1-4-20-17(13-8-11(2)7-12(3)9-13)15-6-5-14(18)10-16(15)19/h5-10,17,20H,4H2,1-3H3. The summed E-state index contributed by atoms with van der Waals surface area (Å²) >= 11 is 7.20. The molecule has 0 aliphatic rings. The molecule has 1 atom stereocenters. The Balaban J connectivity index is 2.49. The minimum absolute atomic E-state index is 0.209. The Morgan fingerprint density at radius 1 is 1.00 bits per heavy atom. The monoisotopic (exact) mass is 395 g/mol. The summed E-state index contributed by atoms with van der Waals surface area (Å²) in [5, 5.41) is 3.58. The lowest BCUT2D eigenvalue weighted by Crippen LogP contribution is -2.22. The first-order valence-corrected chi connectivity index (χ1v) is 8.36. The van der Waals surface area contributed by atoms with Crippen molar-refractivity contribution in [2.75, 3.05) is 6.54 Å². The molecule has 0 aliphatic carbocycles. The highest BCUT2D eigenvalue weighted by atomic mass is 79.9. The first kappa shape index (κ1) is 15.7. The van der Waals surface area contributed by atoms with Crippen LogP contribution in [0.1, 0.15) is 35.2 Å². The van der Waals surface area contributed by atoms with Gasteiger partial charge < -0.3 is 5.32 Å². The smallest absolute Gasteiger partial charge is 0.0587 e. The molecule has 0 saturated carbocycles. The van der Waals surface area contributed by atoms with Crippen LogP contribution in [-0.4, -0.2) is 6.54 Å². The van der Waals surface area contributed by atoms with Crippen molar-refractivity contribution in [3.8, 4) is 0 Å². The van der Waals surface area contributed by atoms with Gasteiger partial charge in [0, 0.05) is 8.95 Å². The number of nitrogens with one attached hydrogen (secondary N) is 1. The SMILES string of the molecule is CCNC(c1cc(C)cc(C)c1)c1ccc(Br)cc1Br. The topological polar surface area (TPSA) is 12.0 Å². The Morgan fingerprint density at radius 2 is 1.65 bits per heavy atom. The number of aryl methyl sites for hydroxylation is 2. The maximum atomic E-state index is 3.68. The molecule has 0 fully saturated rings. The molecule has 0 aliphatic heterocycles. The van der Waals surface area contributed by atoms with Gasteiger partial charge in [-0.25, -0.2) is 0 Å². The highest BCUT2D eigenvalue weighted by molar-refractivity contribution is 9.11. The van der Waals surface area contributed by atoms with Gasteiger partial charge in [0.1, 0.15) is 0 Å². The van der Waals surface area contributed by atoms with E-state index in [-0.39, 0.29) is 6.04 Å². The molecule has 0 radical (unpaired) electrons. The van der Waals surface area contributed by atoms with Crippen LogP contribution in [0, 0.1) is 13.8 Å². The van der Waals surface area contributed by atoms with Gasteiger partial charge in [-0.1, -0.05) is 74.2 Å². The van der Waals surface area contributed by atoms with Gasteiger partial charge in [-0.15, -0.1) is 0 Å². The minimum atomic E-state index is 0.209. The first-order chi connectivity index (χ1) is 9.51. The molecule has 0 spiro atoms. The predicted octanol–water partition coefficient (Wildman–Crippen LogP) is 5.53. The van der Waals surface area contributed by atoms with E-state index in [1.54, 1.807) is 0 Å². The van der Waals surface area contributed by atoms with Gasteiger partial charge in [0.25, 0.3) is 0 Å². The van der Waals surface area contributed by atoms with Crippen molar-refractivity contribution in [2.24, 2.45) is 0 Å². The van der Waals surface area contributed by atoms with E-state index in [0.717, 1.165) is 15.5 Å². The second kappa shape index (κ2) is 6.88. The highest BCUT2D eigenvalue weighted by Gasteiger charge is 2.16. The van der Waals surface area contributed by atoms with Crippen LogP contribution in [0.25, 0.3) is 0 Å². The largest absolute Gasteiger partial charge is 0.306 e. The van der Waals surface area contributed by atoms with E-state index in [1.807, 2.05) is 0 Å². The summed E-state index contributed by atoms with van der Waals surface area (Å²) in [5.74, 6) is 0. The quantitative estimate of drug-likeness (QED) is 0.716. The van der Waals surface area contributed by atoms with Crippen LogP contribution >= 0.6 is 31.9 Å². The molecule has 0 heterocycles. The Kier molecular flexibility index (Phi) is 5.42. The van der Waals surface area contributed by atoms with Gasteiger partial charge in [0.05, 0.1) is 6.04 Å². The Labute approximate surface area is 138 Å². The lowest BCUT2D eigenvalue weighted by Gasteiger charge is -2.21. The zero-order valence-electron chi connectivity index (χ0n) is 12.0. The van der Waals surface area contributed by atoms with Gasteiger partial charge in [-0.2, -0.15) is 0 Å². The molecule has 0 saturated heterocycles. The van der Waals surface area contributed by atoms with E-state index < -0.39 is 0 Å². The molecule has 0 amide bonds. The zero-order valence-corrected chi connectivity index (χ0v) is 15.2. The predicted molar refractivity (Wildman–Crippen MR) is 93.3 cm³/mol. The summed E-state index contributed by atoms with van der Waals surface area (Å²) in [6.45, 7) is 7.37. The highest BCUT2D eigenvalue weighted by Crippen LogP contribution is 2.31. The summed E-state index contributed by atoms with van der Waals surface area (Å²) in [5.41, 5.74) is 5.18. The Bertz CT molecular complexity index is 588. The van der Waals surface area contributed by atoms with E-state index >= 15 is 0 Å². The molecule has 2 aromatic rings. The normalized spacial score (nSPS) is 12.4. The van der Waals surface area contributed by atoms with Crippen molar-refractivity contribution in [2.45, 2.75) is 26.8 Å². The summed E-state index contributed by atoms with van der Waals surface area (Å²) in [4.78, 5) is 0. The van der Waals surface area contributed by atoms with Crippen molar-refractivity contribution >= 4 is 31.9 Å². The van der Waals surface area contributed by atoms with Crippen molar-refractivity contribution in [1.82, 2.24) is 5.32 Å². The van der Waals surface area contributed by atoms with Gasteiger partial charge >= 0.3 is 0 Å². The van der Waals surface area contributed by atoms with Crippen LogP contribution in [0.5, 0.6) is 0 Å². The van der Waals surface area contributed by atoms with Gasteiger partial charge in [-0.3, -0.25) is 0 Å². The number of hydrogen-bond acceptors (Lipinski definition) is 1. The van der Waals surface area contributed by atoms with Gasteiger partial charge in [0.15, 0.2) is 0 Å². The van der Waals surface area contributed by atoms with Crippen molar-refractivity contribution in [1.29, 1.82) is 0 Å². The number of rotatable bonds is 4. The molecule has 1 N–H and O–H groups in total. The lowest BCUT2D eigenvalue weighted by atomic mass is 9.95. The van der Waals surface area contributed by atoms with Crippen LogP contribution in [0.4, 0.5) is 0 Å². The molecule has 20 heavy (non-hydrogen) atoms. The average Bonchev–Trinajstić information content (AvgIpc) is 2.35. The maximum absolute atomic E-state index is 3.68. The number of halogens is 2. The summed E-state index contributed by atoms with van der Waals surface area (Å²) < 4.78 is 2.21. The molecule has 106 valence electrons. The third kappa shape index (κ3) is 3.72. The first-order valence-electron chi connectivity index (χ1n) is 6.77. The molecule has 3 heteroatoms. The van der Waals surface area contributed by atoms with E-state index in [1.165, 1.54) is 22.3 Å². The van der Waals surface area contributed by atoms with Crippen molar-refractivity contribution in [3.63, 3.8) is 0 Å². The molecule has 2 aromatic carbocycles. The van der Waals surface area contributed by atoms with Crippen LogP contribution in [0.3, 0.4) is 0 Å². The lowest BCUT2D eigenvalue weighted by molar-refractivity contribution is 0.627. The Morgan fingerprint density at radius 3 is 2.20 bits per heavy atom. The van der Waals surface area contributed by atoms with Crippen molar-refractivity contribution in [3.05, 3.63) is 67.6 Å². The number of hydrogen-bond donors (Lipinski definition) is 1. The molecule has 1 unspecified atom stereocenters. The molecule has 2 rings (SSSR count). The van der Waals surface area contributed by atoms with Crippen LogP contribution in [-0.2, 0) is 0 Å². The number of benzene rings is 2. The third-order valence-corrected chi connectivity index (χ3v) is 4.44. The van der Waals surface area contributed by atoms with Gasteiger partial charge in [0.2, 0.25) is 0 Å². The van der Waals surface area contributed by atoms with E-state index in [4.69, 9.17) is 0 Å². The average molecular weight is 397 g/mol. The Hall–Kier alpha value is -0.640. The molecule has 0 bridgehead atoms. The van der Waals surface area contributed by atoms with Crippen LogP contribution in [0.15, 0.2) is 45.3 Å². The van der Waals surface area contributed by atoms with Crippen LogP contribution in [0.2, 0.25) is 0 Å². The fourth-order valence-corrected chi connectivity index (χ4v) is 3.80. The fourth-order valence-electron chi connectivity index (χ4n) is 2.52.